The van der Waals surface area contributed by atoms with Crippen LogP contribution in [0.4, 0.5) is 0 Å². The summed E-state index contributed by atoms with van der Waals surface area (Å²) in [4.78, 5) is 0. The molecule has 0 saturated heterocycles. The monoisotopic (exact) mass is 307 g/mol. The fourth-order valence-corrected chi connectivity index (χ4v) is 0.876. The molecule has 6 heteroatoms. The SMILES string of the molecule is Br.Br.CCNCCSC(=N)N. The van der Waals surface area contributed by atoms with Crippen molar-refractivity contribution in [1.29, 1.82) is 5.41 Å². The molecule has 0 unspecified atom stereocenters. The lowest BCUT2D eigenvalue weighted by molar-refractivity contribution is 0.769. The summed E-state index contributed by atoms with van der Waals surface area (Å²) in [6, 6.07) is 0. The largest absolute Gasteiger partial charge is 0.379 e. The molecule has 0 spiro atoms. The minimum Gasteiger partial charge on any atom is -0.379 e. The second-order valence-electron chi connectivity index (χ2n) is 1.57. The van der Waals surface area contributed by atoms with Crippen molar-refractivity contribution in [2.24, 2.45) is 5.73 Å². The number of nitrogens with two attached hydrogens (primary N) is 1. The zero-order chi connectivity index (χ0) is 7.11. The van der Waals surface area contributed by atoms with Crippen molar-refractivity contribution in [3.05, 3.63) is 0 Å². The molecule has 0 aliphatic heterocycles. The summed E-state index contributed by atoms with van der Waals surface area (Å²) in [6.07, 6.45) is 0. The molecule has 0 aliphatic rings. The normalized spacial score (nSPS) is 7.73. The lowest BCUT2D eigenvalue weighted by atomic mass is 10.7. The number of rotatable bonds is 4. The van der Waals surface area contributed by atoms with Gasteiger partial charge in [-0.1, -0.05) is 18.7 Å². The van der Waals surface area contributed by atoms with Gasteiger partial charge in [-0.05, 0) is 6.54 Å². The molecule has 0 aromatic carbocycles. The first kappa shape index (κ1) is 17.7. The van der Waals surface area contributed by atoms with Crippen LogP contribution in [-0.4, -0.2) is 24.0 Å². The highest BCUT2D eigenvalue weighted by molar-refractivity contribution is 8.93. The summed E-state index contributed by atoms with van der Waals surface area (Å²) >= 11 is 1.37. The first-order valence-corrected chi connectivity index (χ1v) is 3.93. The standard InChI is InChI=1S/C5H13N3S.2BrH/c1-2-8-3-4-9-5(6)7;;/h8H,2-4H2,1H3,(H3,6,7);2*1H. The van der Waals surface area contributed by atoms with E-state index in [-0.39, 0.29) is 39.1 Å². The second kappa shape index (κ2) is 13.3. The number of thioether (sulfide) groups is 1. The lowest BCUT2D eigenvalue weighted by Gasteiger charge is -1.98. The molecule has 0 fully saturated rings. The van der Waals surface area contributed by atoms with Gasteiger partial charge in [-0.25, -0.2) is 0 Å². The quantitative estimate of drug-likeness (QED) is 0.418. The summed E-state index contributed by atoms with van der Waals surface area (Å²) < 4.78 is 0. The van der Waals surface area contributed by atoms with Crippen molar-refractivity contribution >= 4 is 50.9 Å². The van der Waals surface area contributed by atoms with Crippen LogP contribution >= 0.6 is 45.7 Å². The molecule has 11 heavy (non-hydrogen) atoms. The number of halogens is 2. The fourth-order valence-electron chi connectivity index (χ4n) is 0.410. The highest BCUT2D eigenvalue weighted by Gasteiger charge is 1.87. The molecule has 0 amide bonds. The summed E-state index contributed by atoms with van der Waals surface area (Å²) in [5.74, 6) is 0.892. The smallest absolute Gasteiger partial charge is 0.151 e. The van der Waals surface area contributed by atoms with E-state index in [1.807, 2.05) is 0 Å². The third-order valence-corrected chi connectivity index (χ3v) is 1.51. The highest BCUT2D eigenvalue weighted by Crippen LogP contribution is 1.93. The van der Waals surface area contributed by atoms with Gasteiger partial charge in [-0.3, -0.25) is 5.41 Å². The molecule has 0 saturated carbocycles. The Balaban J connectivity index is -0.000000320. The van der Waals surface area contributed by atoms with E-state index in [0.29, 0.717) is 0 Å². The summed E-state index contributed by atoms with van der Waals surface area (Å²) in [6.45, 7) is 3.97. The van der Waals surface area contributed by atoms with Gasteiger partial charge in [0.25, 0.3) is 0 Å². The first-order chi connectivity index (χ1) is 4.27. The maximum atomic E-state index is 6.84. The predicted molar refractivity (Wildman–Crippen MR) is 63.6 cm³/mol. The first-order valence-electron chi connectivity index (χ1n) is 2.95. The van der Waals surface area contributed by atoms with Crippen LogP contribution in [0.15, 0.2) is 0 Å². The van der Waals surface area contributed by atoms with E-state index in [2.05, 4.69) is 12.2 Å². The molecular formula is C5H15Br2N3S. The van der Waals surface area contributed by atoms with Gasteiger partial charge in [0.1, 0.15) is 0 Å². The summed E-state index contributed by atoms with van der Waals surface area (Å²) in [5, 5.41) is 10.2. The van der Waals surface area contributed by atoms with E-state index in [0.717, 1.165) is 18.8 Å². The Hall–Kier alpha value is 0.740. The molecule has 0 aliphatic carbocycles. The van der Waals surface area contributed by atoms with Crippen LogP contribution in [0.3, 0.4) is 0 Å². The Morgan fingerprint density at radius 2 is 2.09 bits per heavy atom. The summed E-state index contributed by atoms with van der Waals surface area (Å²) in [5.41, 5.74) is 5.09. The number of hydrogen-bond acceptors (Lipinski definition) is 3. The van der Waals surface area contributed by atoms with Gasteiger partial charge < -0.3 is 11.1 Å². The van der Waals surface area contributed by atoms with Gasteiger partial charge in [0.2, 0.25) is 0 Å². The van der Waals surface area contributed by atoms with E-state index in [1.165, 1.54) is 11.8 Å². The molecule has 0 heterocycles. The molecule has 4 N–H and O–H groups in total. The third-order valence-electron chi connectivity index (χ3n) is 0.786. The number of nitrogens with one attached hydrogen (secondary N) is 2. The second-order valence-corrected chi connectivity index (χ2v) is 2.70. The summed E-state index contributed by atoms with van der Waals surface area (Å²) in [7, 11) is 0. The molecule has 0 aromatic rings. The Morgan fingerprint density at radius 1 is 1.55 bits per heavy atom. The van der Waals surface area contributed by atoms with E-state index in [9.17, 15) is 0 Å². The zero-order valence-corrected chi connectivity index (χ0v) is 10.7. The van der Waals surface area contributed by atoms with Crippen LogP contribution < -0.4 is 11.1 Å². The number of amidine groups is 1. The molecule has 3 nitrogen and oxygen atoms in total. The van der Waals surface area contributed by atoms with Gasteiger partial charge >= 0.3 is 0 Å². The topological polar surface area (TPSA) is 61.9 Å². The number of hydrogen-bond donors (Lipinski definition) is 3. The molecular weight excluding hydrogens is 294 g/mol. The van der Waals surface area contributed by atoms with Crippen molar-refractivity contribution in [3.63, 3.8) is 0 Å². The molecule has 0 rings (SSSR count). The minimum atomic E-state index is 0. The fraction of sp³-hybridized carbons (Fsp3) is 0.800. The van der Waals surface area contributed by atoms with Crippen LogP contribution in [0, 0.1) is 5.41 Å². The van der Waals surface area contributed by atoms with Crippen molar-refractivity contribution in [1.82, 2.24) is 5.32 Å². The van der Waals surface area contributed by atoms with Crippen LogP contribution in [0.1, 0.15) is 6.92 Å². The Bertz CT molecular complexity index is 91.8. The van der Waals surface area contributed by atoms with E-state index < -0.39 is 0 Å². The third kappa shape index (κ3) is 18.1. The maximum absolute atomic E-state index is 6.84. The van der Waals surface area contributed by atoms with Gasteiger partial charge in [0.05, 0.1) is 0 Å². The average molecular weight is 309 g/mol. The van der Waals surface area contributed by atoms with E-state index in [4.69, 9.17) is 11.1 Å². The van der Waals surface area contributed by atoms with E-state index in [1.54, 1.807) is 0 Å². The van der Waals surface area contributed by atoms with Gasteiger partial charge in [-0.15, -0.1) is 34.0 Å². The molecule has 0 radical (unpaired) electrons. The van der Waals surface area contributed by atoms with Crippen molar-refractivity contribution in [3.8, 4) is 0 Å². The van der Waals surface area contributed by atoms with Gasteiger partial charge in [0, 0.05) is 12.3 Å². The average Bonchev–Trinajstić information content (AvgIpc) is 1.80. The molecule has 0 atom stereocenters. The van der Waals surface area contributed by atoms with Gasteiger partial charge in [0.15, 0.2) is 5.17 Å². The van der Waals surface area contributed by atoms with Gasteiger partial charge in [-0.2, -0.15) is 0 Å². The zero-order valence-electron chi connectivity index (χ0n) is 6.42. The minimum absolute atomic E-state index is 0. The highest BCUT2D eigenvalue weighted by atomic mass is 79.9. The predicted octanol–water partition coefficient (Wildman–Crippen LogP) is 1.38. The Morgan fingerprint density at radius 3 is 2.45 bits per heavy atom. The van der Waals surface area contributed by atoms with Crippen LogP contribution in [0.2, 0.25) is 0 Å². The Kier molecular flexibility index (Phi) is 21.5. The Labute approximate surface area is 92.9 Å². The van der Waals surface area contributed by atoms with Crippen molar-refractivity contribution in [2.45, 2.75) is 6.92 Å². The van der Waals surface area contributed by atoms with Crippen LogP contribution in [-0.2, 0) is 0 Å². The van der Waals surface area contributed by atoms with Crippen molar-refractivity contribution < 1.29 is 0 Å². The molecule has 0 bridgehead atoms. The van der Waals surface area contributed by atoms with E-state index >= 15 is 0 Å². The van der Waals surface area contributed by atoms with Crippen LogP contribution in [0.5, 0.6) is 0 Å². The molecule has 0 aromatic heterocycles. The molecule has 70 valence electrons. The lowest BCUT2D eigenvalue weighted by Crippen LogP contribution is -2.17. The maximum Gasteiger partial charge on any atom is 0.151 e. The van der Waals surface area contributed by atoms with Crippen LogP contribution in [0.25, 0.3) is 0 Å². The van der Waals surface area contributed by atoms with Crippen molar-refractivity contribution in [2.75, 3.05) is 18.8 Å².